The largest absolute Gasteiger partial charge is 0.345 e. The van der Waals surface area contributed by atoms with Crippen LogP contribution in [0, 0.1) is 17.6 Å². The van der Waals surface area contributed by atoms with Crippen LogP contribution < -0.4 is 10.6 Å². The number of hydrogen-bond acceptors (Lipinski definition) is 2. The molecule has 26 heavy (non-hydrogen) atoms. The molecule has 0 saturated carbocycles. The van der Waals surface area contributed by atoms with Crippen molar-refractivity contribution < 1.29 is 13.6 Å². The summed E-state index contributed by atoms with van der Waals surface area (Å²) in [7, 11) is 0. The average Bonchev–Trinajstić information content (AvgIpc) is 2.67. The lowest BCUT2D eigenvalue weighted by atomic mass is 9.92. The Morgan fingerprint density at radius 2 is 1.46 bits per heavy atom. The van der Waals surface area contributed by atoms with Crippen molar-refractivity contribution in [3.05, 3.63) is 71.3 Å². The van der Waals surface area contributed by atoms with E-state index in [4.69, 9.17) is 0 Å². The SMILES string of the molecule is O=C(CCC1CCNCC1)NC(c1ccc(F)cc1)c1ccc(F)cc1. The highest BCUT2D eigenvalue weighted by molar-refractivity contribution is 5.77. The first-order valence-electron chi connectivity index (χ1n) is 9.13. The van der Waals surface area contributed by atoms with Gasteiger partial charge < -0.3 is 10.6 Å². The number of carbonyl (C=O) groups is 1. The van der Waals surface area contributed by atoms with Gasteiger partial charge in [-0.1, -0.05) is 24.3 Å². The van der Waals surface area contributed by atoms with Crippen molar-refractivity contribution in [1.82, 2.24) is 10.6 Å². The van der Waals surface area contributed by atoms with Gasteiger partial charge in [0.05, 0.1) is 6.04 Å². The summed E-state index contributed by atoms with van der Waals surface area (Å²) in [6.07, 6.45) is 3.54. The molecule has 0 spiro atoms. The zero-order chi connectivity index (χ0) is 18.4. The molecule has 138 valence electrons. The number of rotatable bonds is 6. The van der Waals surface area contributed by atoms with Crippen LogP contribution in [0.5, 0.6) is 0 Å². The van der Waals surface area contributed by atoms with Crippen LogP contribution >= 0.6 is 0 Å². The van der Waals surface area contributed by atoms with Gasteiger partial charge in [-0.2, -0.15) is 0 Å². The Kier molecular flexibility index (Phi) is 6.34. The van der Waals surface area contributed by atoms with E-state index in [1.165, 1.54) is 24.3 Å². The summed E-state index contributed by atoms with van der Waals surface area (Å²) in [5.74, 6) is -0.119. The zero-order valence-corrected chi connectivity index (χ0v) is 14.7. The Bertz CT molecular complexity index is 664. The van der Waals surface area contributed by atoms with Crippen LogP contribution in [0.15, 0.2) is 48.5 Å². The number of halogens is 2. The van der Waals surface area contributed by atoms with E-state index < -0.39 is 6.04 Å². The van der Waals surface area contributed by atoms with Crippen molar-refractivity contribution in [3.63, 3.8) is 0 Å². The van der Waals surface area contributed by atoms with Crippen molar-refractivity contribution >= 4 is 5.91 Å². The fourth-order valence-corrected chi connectivity index (χ4v) is 3.41. The summed E-state index contributed by atoms with van der Waals surface area (Å²) in [6, 6.07) is 11.6. The maximum Gasteiger partial charge on any atom is 0.220 e. The van der Waals surface area contributed by atoms with E-state index in [-0.39, 0.29) is 17.5 Å². The molecule has 3 nitrogen and oxygen atoms in total. The second-order valence-electron chi connectivity index (χ2n) is 6.84. The lowest BCUT2D eigenvalue weighted by Crippen LogP contribution is -2.31. The van der Waals surface area contributed by atoms with Gasteiger partial charge in [0.1, 0.15) is 11.6 Å². The molecule has 1 heterocycles. The third-order valence-corrected chi connectivity index (χ3v) is 4.95. The molecule has 0 aromatic heterocycles. The van der Waals surface area contributed by atoms with Gasteiger partial charge in [0.15, 0.2) is 0 Å². The lowest BCUT2D eigenvalue weighted by molar-refractivity contribution is -0.121. The molecule has 2 aromatic carbocycles. The van der Waals surface area contributed by atoms with E-state index in [0.29, 0.717) is 12.3 Å². The van der Waals surface area contributed by atoms with Crippen molar-refractivity contribution in [2.24, 2.45) is 5.92 Å². The molecule has 0 aliphatic carbocycles. The van der Waals surface area contributed by atoms with Gasteiger partial charge in [-0.25, -0.2) is 8.78 Å². The van der Waals surface area contributed by atoms with Gasteiger partial charge in [0.25, 0.3) is 0 Å². The van der Waals surface area contributed by atoms with Crippen LogP contribution in [0.4, 0.5) is 8.78 Å². The zero-order valence-electron chi connectivity index (χ0n) is 14.7. The summed E-state index contributed by atoms with van der Waals surface area (Å²) in [5.41, 5.74) is 1.54. The van der Waals surface area contributed by atoms with E-state index in [0.717, 1.165) is 43.5 Å². The first kappa shape index (κ1) is 18.5. The van der Waals surface area contributed by atoms with Crippen LogP contribution in [0.2, 0.25) is 0 Å². The number of benzene rings is 2. The van der Waals surface area contributed by atoms with E-state index in [1.54, 1.807) is 24.3 Å². The molecule has 0 atom stereocenters. The third-order valence-electron chi connectivity index (χ3n) is 4.95. The van der Waals surface area contributed by atoms with E-state index in [2.05, 4.69) is 10.6 Å². The van der Waals surface area contributed by atoms with Crippen LogP contribution in [-0.4, -0.2) is 19.0 Å². The van der Waals surface area contributed by atoms with Gasteiger partial charge in [-0.15, -0.1) is 0 Å². The molecule has 0 unspecified atom stereocenters. The van der Waals surface area contributed by atoms with Crippen LogP contribution in [0.25, 0.3) is 0 Å². The Morgan fingerprint density at radius 1 is 0.962 bits per heavy atom. The van der Waals surface area contributed by atoms with E-state index in [1.807, 2.05) is 0 Å². The number of nitrogens with one attached hydrogen (secondary N) is 2. The highest BCUT2D eigenvalue weighted by Crippen LogP contribution is 2.24. The Morgan fingerprint density at radius 3 is 1.96 bits per heavy atom. The molecular formula is C21H24F2N2O. The molecule has 1 fully saturated rings. The standard InChI is InChI=1S/C21H24F2N2O/c22-18-6-2-16(3-7-18)21(17-4-8-19(23)9-5-17)25-20(26)10-1-15-11-13-24-14-12-15/h2-9,15,21,24H,1,10-14H2,(H,25,26). The molecule has 3 rings (SSSR count). The van der Waals surface area contributed by atoms with Gasteiger partial charge in [0, 0.05) is 6.42 Å². The smallest absolute Gasteiger partial charge is 0.220 e. The molecule has 1 amide bonds. The van der Waals surface area contributed by atoms with Gasteiger partial charge in [-0.3, -0.25) is 4.79 Å². The minimum absolute atomic E-state index is 0.0396. The minimum atomic E-state index is -0.420. The predicted octanol–water partition coefficient (Wildman–Crippen LogP) is 3.95. The second kappa shape index (κ2) is 8.90. The number of piperidine rings is 1. The molecule has 1 aliphatic heterocycles. The van der Waals surface area contributed by atoms with Crippen molar-refractivity contribution in [1.29, 1.82) is 0 Å². The Labute approximate surface area is 152 Å². The van der Waals surface area contributed by atoms with Crippen molar-refractivity contribution in [2.45, 2.75) is 31.7 Å². The quantitative estimate of drug-likeness (QED) is 0.821. The first-order valence-corrected chi connectivity index (χ1v) is 9.13. The molecule has 1 aliphatic rings. The third kappa shape index (κ3) is 5.11. The lowest BCUT2D eigenvalue weighted by Gasteiger charge is -2.23. The number of hydrogen-bond donors (Lipinski definition) is 2. The van der Waals surface area contributed by atoms with Crippen molar-refractivity contribution in [3.8, 4) is 0 Å². The summed E-state index contributed by atoms with van der Waals surface area (Å²) < 4.78 is 26.5. The topological polar surface area (TPSA) is 41.1 Å². The first-order chi connectivity index (χ1) is 12.6. The average molecular weight is 358 g/mol. The monoisotopic (exact) mass is 358 g/mol. The van der Waals surface area contributed by atoms with E-state index >= 15 is 0 Å². The maximum atomic E-state index is 13.3. The van der Waals surface area contributed by atoms with Crippen molar-refractivity contribution in [2.75, 3.05) is 13.1 Å². The molecule has 1 saturated heterocycles. The van der Waals surface area contributed by atoms with E-state index in [9.17, 15) is 13.6 Å². The molecular weight excluding hydrogens is 334 g/mol. The second-order valence-corrected chi connectivity index (χ2v) is 6.84. The summed E-state index contributed by atoms with van der Waals surface area (Å²) in [4.78, 5) is 12.5. The van der Waals surface area contributed by atoms with Crippen LogP contribution in [-0.2, 0) is 4.79 Å². The molecule has 2 N–H and O–H groups in total. The van der Waals surface area contributed by atoms with Gasteiger partial charge >= 0.3 is 0 Å². The van der Waals surface area contributed by atoms with Crippen LogP contribution in [0.1, 0.15) is 42.9 Å². The fourth-order valence-electron chi connectivity index (χ4n) is 3.41. The fraction of sp³-hybridized carbons (Fsp3) is 0.381. The normalized spacial score (nSPS) is 15.2. The molecule has 0 bridgehead atoms. The molecule has 5 heteroatoms. The minimum Gasteiger partial charge on any atom is -0.345 e. The number of carbonyl (C=O) groups excluding carboxylic acids is 1. The summed E-state index contributed by atoms with van der Waals surface area (Å²) in [6.45, 7) is 2.03. The van der Waals surface area contributed by atoms with Gasteiger partial charge in [0.2, 0.25) is 5.91 Å². The maximum absolute atomic E-state index is 13.3. The molecule has 2 aromatic rings. The highest BCUT2D eigenvalue weighted by atomic mass is 19.1. The number of amides is 1. The predicted molar refractivity (Wildman–Crippen MR) is 97.6 cm³/mol. The Balaban J connectivity index is 1.69. The highest BCUT2D eigenvalue weighted by Gasteiger charge is 2.19. The summed E-state index contributed by atoms with van der Waals surface area (Å²) in [5, 5.41) is 6.35. The summed E-state index contributed by atoms with van der Waals surface area (Å²) >= 11 is 0. The Hall–Kier alpha value is -2.27. The van der Waals surface area contributed by atoms with Gasteiger partial charge in [-0.05, 0) is 73.7 Å². The molecule has 0 radical (unpaired) electrons. The van der Waals surface area contributed by atoms with Crippen LogP contribution in [0.3, 0.4) is 0 Å².